The number of carbonyl (C=O) groups excluding carboxylic acids is 2. The highest BCUT2D eigenvalue weighted by Gasteiger charge is 2.25. The summed E-state index contributed by atoms with van der Waals surface area (Å²) in [5.41, 5.74) is 1.73. The lowest BCUT2D eigenvalue weighted by molar-refractivity contribution is -0.121. The number of nitrogens with zero attached hydrogens (tertiary/aromatic N) is 2. The van der Waals surface area contributed by atoms with Gasteiger partial charge in [-0.1, -0.05) is 12.1 Å². The molecule has 2 aromatic rings. The topological polar surface area (TPSA) is 71.5 Å². The second kappa shape index (κ2) is 6.24. The van der Waals surface area contributed by atoms with Crippen molar-refractivity contribution in [1.29, 1.82) is 0 Å². The molecule has 0 bridgehead atoms. The number of thiazole rings is 1. The lowest BCUT2D eigenvalue weighted by Gasteiger charge is -2.20. The van der Waals surface area contributed by atoms with Crippen molar-refractivity contribution in [1.82, 2.24) is 4.98 Å². The largest absolute Gasteiger partial charge is 0.491 e. The molecule has 124 valence electrons. The van der Waals surface area contributed by atoms with E-state index in [1.165, 1.54) is 21.1 Å². The van der Waals surface area contributed by atoms with Crippen LogP contribution >= 0.6 is 11.3 Å². The number of para-hydroxylation sites is 2. The van der Waals surface area contributed by atoms with Crippen LogP contribution in [-0.4, -0.2) is 29.9 Å². The van der Waals surface area contributed by atoms with Crippen LogP contribution in [0, 0.1) is 0 Å². The Bertz CT molecular complexity index is 781. The van der Waals surface area contributed by atoms with Crippen molar-refractivity contribution < 1.29 is 14.3 Å². The monoisotopic (exact) mass is 343 g/mol. The Morgan fingerprint density at radius 2 is 2.17 bits per heavy atom. The Morgan fingerprint density at radius 1 is 1.29 bits per heavy atom. The van der Waals surface area contributed by atoms with Gasteiger partial charge in [0.2, 0.25) is 11.8 Å². The van der Waals surface area contributed by atoms with Gasteiger partial charge < -0.3 is 10.1 Å². The summed E-state index contributed by atoms with van der Waals surface area (Å²) in [6.45, 7) is 0.288. The van der Waals surface area contributed by atoms with E-state index in [-0.39, 0.29) is 24.8 Å². The van der Waals surface area contributed by atoms with E-state index >= 15 is 0 Å². The zero-order valence-corrected chi connectivity index (χ0v) is 13.9. The fourth-order valence-electron chi connectivity index (χ4n) is 3.04. The highest BCUT2D eigenvalue weighted by Crippen LogP contribution is 2.32. The van der Waals surface area contributed by atoms with E-state index in [0.29, 0.717) is 23.2 Å². The summed E-state index contributed by atoms with van der Waals surface area (Å²) in [7, 11) is 0. The molecule has 1 aliphatic carbocycles. The van der Waals surface area contributed by atoms with Gasteiger partial charge in [-0.25, -0.2) is 4.98 Å². The summed E-state index contributed by atoms with van der Waals surface area (Å²) in [5, 5.41) is 3.45. The maximum absolute atomic E-state index is 12.4. The lowest BCUT2D eigenvalue weighted by atomic mass is 10.2. The SMILES string of the molecule is O=C(CN1C(=O)CCOc2ccccc21)Nc1nc2c(s1)CCC2. The van der Waals surface area contributed by atoms with Gasteiger partial charge in [-0.15, -0.1) is 11.3 Å². The van der Waals surface area contributed by atoms with Gasteiger partial charge in [-0.05, 0) is 31.4 Å². The third kappa shape index (κ3) is 2.87. The number of ether oxygens (including phenoxy) is 1. The first-order chi connectivity index (χ1) is 11.7. The third-order valence-electron chi connectivity index (χ3n) is 4.17. The van der Waals surface area contributed by atoms with Crippen molar-refractivity contribution >= 4 is 34.0 Å². The fraction of sp³-hybridized carbons (Fsp3) is 0.353. The van der Waals surface area contributed by atoms with Gasteiger partial charge >= 0.3 is 0 Å². The number of hydrogen-bond donors (Lipinski definition) is 1. The Balaban J connectivity index is 1.50. The molecule has 2 aliphatic rings. The maximum Gasteiger partial charge on any atom is 0.246 e. The maximum atomic E-state index is 12.4. The van der Waals surface area contributed by atoms with Crippen LogP contribution in [0.15, 0.2) is 24.3 Å². The normalized spacial score (nSPS) is 16.2. The first kappa shape index (κ1) is 15.1. The average Bonchev–Trinajstić information content (AvgIpc) is 3.10. The number of amides is 2. The molecule has 0 spiro atoms. The molecule has 0 radical (unpaired) electrons. The van der Waals surface area contributed by atoms with Crippen LogP contribution in [0.5, 0.6) is 5.75 Å². The molecule has 1 aliphatic heterocycles. The number of benzene rings is 1. The smallest absolute Gasteiger partial charge is 0.246 e. The number of rotatable bonds is 3. The predicted octanol–water partition coefficient (Wildman–Crippen LogP) is 2.39. The van der Waals surface area contributed by atoms with Crippen LogP contribution in [0.2, 0.25) is 0 Å². The highest BCUT2D eigenvalue weighted by atomic mass is 32.1. The Morgan fingerprint density at radius 3 is 3.04 bits per heavy atom. The molecule has 4 rings (SSSR count). The van der Waals surface area contributed by atoms with Crippen LogP contribution in [0.4, 0.5) is 10.8 Å². The number of hydrogen-bond acceptors (Lipinski definition) is 5. The van der Waals surface area contributed by atoms with Gasteiger partial charge in [0.25, 0.3) is 0 Å². The molecule has 6 nitrogen and oxygen atoms in total. The van der Waals surface area contributed by atoms with Crippen LogP contribution in [0.1, 0.15) is 23.4 Å². The summed E-state index contributed by atoms with van der Waals surface area (Å²) >= 11 is 1.53. The second-order valence-electron chi connectivity index (χ2n) is 5.84. The van der Waals surface area contributed by atoms with Gasteiger partial charge in [0.05, 0.1) is 24.4 Å². The van der Waals surface area contributed by atoms with Crippen LogP contribution in [0.25, 0.3) is 0 Å². The molecule has 1 aromatic heterocycles. The zero-order valence-electron chi connectivity index (χ0n) is 13.1. The quantitative estimate of drug-likeness (QED) is 0.929. The number of aryl methyl sites for hydroxylation is 2. The molecule has 7 heteroatoms. The van der Waals surface area contributed by atoms with Crippen molar-refractivity contribution in [2.75, 3.05) is 23.4 Å². The van der Waals surface area contributed by atoms with Gasteiger partial charge in [0.15, 0.2) is 5.13 Å². The first-order valence-electron chi connectivity index (χ1n) is 8.01. The molecular formula is C17H17N3O3S. The molecule has 0 saturated carbocycles. The number of nitrogens with one attached hydrogen (secondary N) is 1. The van der Waals surface area contributed by atoms with Crippen LogP contribution in [0.3, 0.4) is 0 Å². The summed E-state index contributed by atoms with van der Waals surface area (Å²) in [6, 6.07) is 7.29. The molecular weight excluding hydrogens is 326 g/mol. The molecule has 2 heterocycles. The average molecular weight is 343 g/mol. The summed E-state index contributed by atoms with van der Waals surface area (Å²) in [4.78, 5) is 31.9. The molecule has 0 fully saturated rings. The predicted molar refractivity (Wildman–Crippen MR) is 91.7 cm³/mol. The number of carbonyl (C=O) groups is 2. The van der Waals surface area contributed by atoms with Gasteiger partial charge in [-0.2, -0.15) is 0 Å². The molecule has 0 unspecified atom stereocenters. The second-order valence-corrected chi connectivity index (χ2v) is 6.92. The van der Waals surface area contributed by atoms with Crippen LogP contribution in [-0.2, 0) is 22.4 Å². The van der Waals surface area contributed by atoms with E-state index in [9.17, 15) is 9.59 Å². The highest BCUT2D eigenvalue weighted by molar-refractivity contribution is 7.15. The third-order valence-corrected chi connectivity index (χ3v) is 5.25. The fourth-order valence-corrected chi connectivity index (χ4v) is 4.11. The standard InChI is InChI=1S/C17H17N3O3S/c21-15(19-17-18-11-4-3-7-14(11)24-17)10-20-12-5-1-2-6-13(12)23-9-8-16(20)22/h1-2,5-6H,3-4,7-10H2,(H,18,19,21). The number of aromatic nitrogens is 1. The minimum atomic E-state index is -0.243. The van der Waals surface area contributed by atoms with Crippen molar-refractivity contribution in [3.05, 3.63) is 34.8 Å². The summed E-state index contributed by atoms with van der Waals surface area (Å²) < 4.78 is 5.59. The van der Waals surface area contributed by atoms with E-state index in [1.807, 2.05) is 18.2 Å². The van der Waals surface area contributed by atoms with Gasteiger partial charge in [-0.3, -0.25) is 14.5 Å². The first-order valence-corrected chi connectivity index (χ1v) is 8.83. The van der Waals surface area contributed by atoms with Crippen molar-refractivity contribution in [3.63, 3.8) is 0 Å². The van der Waals surface area contributed by atoms with Crippen molar-refractivity contribution in [2.45, 2.75) is 25.7 Å². The van der Waals surface area contributed by atoms with E-state index in [0.717, 1.165) is 25.0 Å². The number of anilines is 2. The molecule has 0 saturated heterocycles. The lowest BCUT2D eigenvalue weighted by Crippen LogP contribution is -2.37. The molecule has 1 N–H and O–H groups in total. The van der Waals surface area contributed by atoms with E-state index < -0.39 is 0 Å². The summed E-state index contributed by atoms with van der Waals surface area (Å²) in [6.07, 6.45) is 3.42. The zero-order chi connectivity index (χ0) is 16.5. The number of fused-ring (bicyclic) bond motifs is 2. The Kier molecular flexibility index (Phi) is 3.93. The molecule has 1 aromatic carbocycles. The van der Waals surface area contributed by atoms with E-state index in [2.05, 4.69) is 10.3 Å². The Hall–Kier alpha value is -2.41. The van der Waals surface area contributed by atoms with Crippen LogP contribution < -0.4 is 15.0 Å². The molecule has 2 amide bonds. The molecule has 0 atom stereocenters. The Labute approximate surface area is 143 Å². The van der Waals surface area contributed by atoms with Crippen molar-refractivity contribution in [2.24, 2.45) is 0 Å². The minimum Gasteiger partial charge on any atom is -0.491 e. The molecule has 24 heavy (non-hydrogen) atoms. The van der Waals surface area contributed by atoms with Gasteiger partial charge in [0.1, 0.15) is 12.3 Å². The minimum absolute atomic E-state index is 0.0382. The van der Waals surface area contributed by atoms with Gasteiger partial charge in [0, 0.05) is 4.88 Å². The summed E-state index contributed by atoms with van der Waals surface area (Å²) in [5.74, 6) is 0.272. The van der Waals surface area contributed by atoms with Crippen molar-refractivity contribution in [3.8, 4) is 5.75 Å². The van der Waals surface area contributed by atoms with E-state index in [1.54, 1.807) is 6.07 Å². The van der Waals surface area contributed by atoms with E-state index in [4.69, 9.17) is 4.74 Å².